The van der Waals surface area contributed by atoms with E-state index in [0.29, 0.717) is 5.56 Å². The molecule has 1 saturated heterocycles. The lowest BCUT2D eigenvalue weighted by Gasteiger charge is -2.32. The number of carboxylic acids is 1. The van der Waals surface area contributed by atoms with Crippen molar-refractivity contribution in [3.8, 4) is 0 Å². The quantitative estimate of drug-likeness (QED) is 0.809. The van der Waals surface area contributed by atoms with Crippen LogP contribution in [0.1, 0.15) is 11.1 Å². The zero-order valence-corrected chi connectivity index (χ0v) is 12.5. The smallest absolute Gasteiger partial charge is 0.323 e. The number of piperazine rings is 1. The minimum atomic E-state index is -4.04. The molecule has 1 fully saturated rings. The molecular weight excluding hydrogens is 296 g/mol. The second-order valence-electron chi connectivity index (χ2n) is 4.98. The predicted octanol–water partition coefficient (Wildman–Crippen LogP) is -0.123. The number of carboxylic acid groups (broad SMARTS) is 1. The molecule has 0 saturated carbocycles. The molecule has 0 spiro atoms. The summed E-state index contributed by atoms with van der Waals surface area (Å²) in [5, 5.41) is 11.5. The molecule has 0 radical (unpaired) electrons. The van der Waals surface area contributed by atoms with Crippen molar-refractivity contribution in [2.75, 3.05) is 13.1 Å². The van der Waals surface area contributed by atoms with Gasteiger partial charge in [-0.05, 0) is 25.5 Å². The summed E-state index contributed by atoms with van der Waals surface area (Å²) in [6.07, 6.45) is 0. The molecule has 2 N–H and O–H groups in total. The molecule has 7 nitrogen and oxygen atoms in total. The van der Waals surface area contributed by atoms with E-state index in [1.807, 2.05) is 6.92 Å². The van der Waals surface area contributed by atoms with Crippen LogP contribution in [0.25, 0.3) is 0 Å². The number of carbonyl (C=O) groups is 2. The number of aryl methyl sites for hydroxylation is 2. The second kappa shape index (κ2) is 5.45. The van der Waals surface area contributed by atoms with Gasteiger partial charge in [0.2, 0.25) is 15.9 Å². The van der Waals surface area contributed by atoms with E-state index < -0.39 is 34.5 Å². The molecule has 114 valence electrons. The molecule has 0 aromatic heterocycles. The van der Waals surface area contributed by atoms with Crippen LogP contribution in [0.2, 0.25) is 0 Å². The molecule has 1 amide bonds. The Kier molecular flexibility index (Phi) is 4.02. The topological polar surface area (TPSA) is 104 Å². The summed E-state index contributed by atoms with van der Waals surface area (Å²) in [4.78, 5) is 22.7. The SMILES string of the molecule is Cc1ccc(S(=O)(=O)N2CC(=O)NCC2C(=O)O)c(C)c1. The number of sulfonamides is 1. The fraction of sp³-hybridized carbons (Fsp3) is 0.385. The highest BCUT2D eigenvalue weighted by atomic mass is 32.2. The van der Waals surface area contributed by atoms with Crippen molar-refractivity contribution in [1.29, 1.82) is 0 Å². The maximum absolute atomic E-state index is 12.7. The van der Waals surface area contributed by atoms with Crippen molar-refractivity contribution >= 4 is 21.9 Å². The Morgan fingerprint density at radius 2 is 2.05 bits per heavy atom. The second-order valence-corrected chi connectivity index (χ2v) is 6.84. The number of aliphatic carboxylic acids is 1. The third-order valence-electron chi connectivity index (χ3n) is 3.34. The summed E-state index contributed by atoms with van der Waals surface area (Å²) in [6, 6.07) is 3.48. The molecule has 1 heterocycles. The fourth-order valence-corrected chi connectivity index (χ4v) is 4.04. The molecule has 2 rings (SSSR count). The van der Waals surface area contributed by atoms with E-state index in [2.05, 4.69) is 5.32 Å². The van der Waals surface area contributed by atoms with E-state index in [-0.39, 0.29) is 11.4 Å². The van der Waals surface area contributed by atoms with Crippen LogP contribution in [0.4, 0.5) is 0 Å². The molecule has 1 aromatic rings. The van der Waals surface area contributed by atoms with Gasteiger partial charge in [0.25, 0.3) is 0 Å². The largest absolute Gasteiger partial charge is 0.480 e. The summed E-state index contributed by atoms with van der Waals surface area (Å²) in [7, 11) is -4.04. The summed E-state index contributed by atoms with van der Waals surface area (Å²) in [5.74, 6) is -1.80. The number of carbonyl (C=O) groups excluding carboxylic acids is 1. The van der Waals surface area contributed by atoms with Crippen LogP contribution in [0.15, 0.2) is 23.1 Å². The first-order chi connectivity index (χ1) is 9.73. The van der Waals surface area contributed by atoms with Gasteiger partial charge in [-0.2, -0.15) is 4.31 Å². The molecule has 21 heavy (non-hydrogen) atoms. The van der Waals surface area contributed by atoms with Crippen molar-refractivity contribution < 1.29 is 23.1 Å². The Balaban J connectivity index is 2.49. The Hall–Kier alpha value is -1.93. The van der Waals surface area contributed by atoms with Gasteiger partial charge in [0.05, 0.1) is 11.4 Å². The summed E-state index contributed by atoms with van der Waals surface area (Å²) < 4.78 is 26.1. The monoisotopic (exact) mass is 312 g/mol. The van der Waals surface area contributed by atoms with Gasteiger partial charge in [-0.25, -0.2) is 8.42 Å². The minimum absolute atomic E-state index is 0.0223. The number of rotatable bonds is 3. The molecule has 1 unspecified atom stereocenters. The third-order valence-corrected chi connectivity index (χ3v) is 5.36. The number of amides is 1. The van der Waals surface area contributed by atoms with Crippen molar-refractivity contribution in [2.24, 2.45) is 0 Å². The van der Waals surface area contributed by atoms with Crippen LogP contribution in [0.3, 0.4) is 0 Å². The molecule has 8 heteroatoms. The lowest BCUT2D eigenvalue weighted by molar-refractivity contribution is -0.143. The molecule has 1 atom stereocenters. The highest BCUT2D eigenvalue weighted by molar-refractivity contribution is 7.89. The van der Waals surface area contributed by atoms with Gasteiger partial charge in [-0.1, -0.05) is 17.7 Å². The highest BCUT2D eigenvalue weighted by Gasteiger charge is 2.40. The van der Waals surface area contributed by atoms with Gasteiger partial charge in [0.1, 0.15) is 6.04 Å². The van der Waals surface area contributed by atoms with Crippen molar-refractivity contribution in [2.45, 2.75) is 24.8 Å². The van der Waals surface area contributed by atoms with Crippen molar-refractivity contribution in [3.05, 3.63) is 29.3 Å². The predicted molar refractivity (Wildman–Crippen MR) is 74.2 cm³/mol. The first-order valence-electron chi connectivity index (χ1n) is 6.32. The third kappa shape index (κ3) is 2.91. The maximum Gasteiger partial charge on any atom is 0.323 e. The minimum Gasteiger partial charge on any atom is -0.480 e. The number of benzene rings is 1. The van der Waals surface area contributed by atoms with E-state index in [1.165, 1.54) is 6.07 Å². The average Bonchev–Trinajstić information content (AvgIpc) is 2.37. The summed E-state index contributed by atoms with van der Waals surface area (Å²) >= 11 is 0. The van der Waals surface area contributed by atoms with E-state index in [1.54, 1.807) is 19.1 Å². The maximum atomic E-state index is 12.7. The van der Waals surface area contributed by atoms with Crippen LogP contribution in [0.5, 0.6) is 0 Å². The fourth-order valence-electron chi connectivity index (χ4n) is 2.30. The van der Waals surface area contributed by atoms with Crippen LogP contribution in [0, 0.1) is 13.8 Å². The standard InChI is InChI=1S/C13H16N2O5S/c1-8-3-4-11(9(2)5-8)21(19,20)15-7-12(16)14-6-10(15)13(17)18/h3-5,10H,6-7H2,1-2H3,(H,14,16)(H,17,18). The van der Waals surface area contributed by atoms with E-state index in [0.717, 1.165) is 9.87 Å². The number of hydrogen-bond acceptors (Lipinski definition) is 4. The van der Waals surface area contributed by atoms with Gasteiger partial charge in [0, 0.05) is 6.54 Å². The Bertz CT molecular complexity index is 699. The van der Waals surface area contributed by atoms with Crippen molar-refractivity contribution in [1.82, 2.24) is 9.62 Å². The van der Waals surface area contributed by atoms with Crippen LogP contribution < -0.4 is 5.32 Å². The van der Waals surface area contributed by atoms with Gasteiger partial charge >= 0.3 is 5.97 Å². The zero-order chi connectivity index (χ0) is 15.8. The van der Waals surface area contributed by atoms with Crippen LogP contribution in [-0.4, -0.2) is 48.8 Å². The van der Waals surface area contributed by atoms with Crippen LogP contribution in [-0.2, 0) is 19.6 Å². The number of nitrogens with one attached hydrogen (secondary N) is 1. The Labute approximate surface area is 122 Å². The molecule has 1 aromatic carbocycles. The number of nitrogens with zero attached hydrogens (tertiary/aromatic N) is 1. The number of hydrogen-bond donors (Lipinski definition) is 2. The van der Waals surface area contributed by atoms with Gasteiger partial charge in [-0.15, -0.1) is 0 Å². The van der Waals surface area contributed by atoms with Crippen LogP contribution >= 0.6 is 0 Å². The average molecular weight is 312 g/mol. The Morgan fingerprint density at radius 1 is 1.38 bits per heavy atom. The summed E-state index contributed by atoms with van der Waals surface area (Å²) in [6.45, 7) is 2.74. The van der Waals surface area contributed by atoms with Crippen molar-refractivity contribution in [3.63, 3.8) is 0 Å². The van der Waals surface area contributed by atoms with E-state index in [4.69, 9.17) is 5.11 Å². The first-order valence-corrected chi connectivity index (χ1v) is 7.76. The van der Waals surface area contributed by atoms with E-state index >= 15 is 0 Å². The normalized spacial score (nSPS) is 20.1. The highest BCUT2D eigenvalue weighted by Crippen LogP contribution is 2.23. The first kappa shape index (κ1) is 15.5. The lowest BCUT2D eigenvalue weighted by Crippen LogP contribution is -2.59. The molecular formula is C13H16N2O5S. The zero-order valence-electron chi connectivity index (χ0n) is 11.7. The summed E-state index contributed by atoms with van der Waals surface area (Å²) in [5.41, 5.74) is 1.42. The molecule has 1 aliphatic rings. The van der Waals surface area contributed by atoms with E-state index in [9.17, 15) is 18.0 Å². The molecule has 0 aliphatic carbocycles. The van der Waals surface area contributed by atoms with Gasteiger partial charge < -0.3 is 10.4 Å². The molecule has 1 aliphatic heterocycles. The Morgan fingerprint density at radius 3 is 2.62 bits per heavy atom. The molecule has 0 bridgehead atoms. The lowest BCUT2D eigenvalue weighted by atomic mass is 10.2. The van der Waals surface area contributed by atoms with Gasteiger partial charge in [0.15, 0.2) is 0 Å². The van der Waals surface area contributed by atoms with Gasteiger partial charge in [-0.3, -0.25) is 9.59 Å².